The van der Waals surface area contributed by atoms with Crippen LogP contribution in [0, 0.1) is 11.8 Å². The highest BCUT2D eigenvalue weighted by Gasteiger charge is 2.44. The summed E-state index contributed by atoms with van der Waals surface area (Å²) < 4.78 is 4.56. The van der Waals surface area contributed by atoms with Crippen LogP contribution < -0.4 is 0 Å². The number of rotatable bonds is 1. The van der Waals surface area contributed by atoms with Gasteiger partial charge in [0.25, 0.3) is 0 Å². The molecule has 1 aliphatic carbocycles. The molecule has 3 atom stereocenters. The molecule has 0 aromatic heterocycles. The van der Waals surface area contributed by atoms with Gasteiger partial charge in [0.05, 0.1) is 5.92 Å². The summed E-state index contributed by atoms with van der Waals surface area (Å²) in [5.74, 6) is -1.82. The molecule has 1 saturated heterocycles. The van der Waals surface area contributed by atoms with E-state index in [-0.39, 0.29) is 37.2 Å². The van der Waals surface area contributed by atoms with Crippen molar-refractivity contribution in [3.05, 3.63) is 0 Å². The maximum absolute atomic E-state index is 11.5. The fourth-order valence-corrected chi connectivity index (χ4v) is 2.19. The Labute approximate surface area is 86.4 Å². The fraction of sp³-hybridized carbons (Fsp3) is 0.700. The zero-order valence-corrected chi connectivity index (χ0v) is 8.14. The summed E-state index contributed by atoms with van der Waals surface area (Å²) in [4.78, 5) is 34.0. The Morgan fingerprint density at radius 1 is 1.13 bits per heavy atom. The van der Waals surface area contributed by atoms with Crippen molar-refractivity contribution < 1.29 is 24.2 Å². The van der Waals surface area contributed by atoms with E-state index in [4.69, 9.17) is 5.11 Å². The van der Waals surface area contributed by atoms with Gasteiger partial charge in [-0.1, -0.05) is 0 Å². The summed E-state index contributed by atoms with van der Waals surface area (Å²) in [5.41, 5.74) is 0. The van der Waals surface area contributed by atoms with Gasteiger partial charge in [0.15, 0.2) is 0 Å². The van der Waals surface area contributed by atoms with Crippen molar-refractivity contribution in [3.8, 4) is 0 Å². The zero-order chi connectivity index (χ0) is 11.0. The predicted molar refractivity (Wildman–Crippen MR) is 47.6 cm³/mol. The Morgan fingerprint density at radius 2 is 1.87 bits per heavy atom. The van der Waals surface area contributed by atoms with Gasteiger partial charge in [-0.2, -0.15) is 0 Å². The van der Waals surface area contributed by atoms with Crippen LogP contribution in [0.1, 0.15) is 25.7 Å². The van der Waals surface area contributed by atoms with Crippen molar-refractivity contribution in [2.75, 3.05) is 0 Å². The maximum atomic E-state index is 11.5. The summed E-state index contributed by atoms with van der Waals surface area (Å²) in [6.07, 6.45) is -0.385. The second-order valence-corrected chi connectivity index (χ2v) is 4.05. The summed E-state index contributed by atoms with van der Waals surface area (Å²) >= 11 is 0. The average molecular weight is 212 g/mol. The number of hydrogen-bond acceptors (Lipinski definition) is 5. The number of aliphatic hydroxyl groups excluding tert-OH is 1. The molecule has 5 heteroatoms. The SMILES string of the molecule is O=C1CCC(=O)C(C2CC(O)OC2=O)C1. The topological polar surface area (TPSA) is 80.7 Å². The molecule has 0 spiro atoms. The number of Topliss-reactive ketones (excluding diaryl/α,β-unsaturated/α-hetero) is 2. The number of carbonyl (C=O) groups is 3. The van der Waals surface area contributed by atoms with E-state index in [1.807, 2.05) is 0 Å². The standard InChI is InChI=1S/C10H12O5/c11-5-1-2-8(12)6(3-5)7-4-9(13)15-10(7)14/h6-7,9,13H,1-4H2. The Bertz CT molecular complexity index is 322. The van der Waals surface area contributed by atoms with Crippen molar-refractivity contribution in [3.63, 3.8) is 0 Å². The number of cyclic esters (lactones) is 1. The first-order valence-corrected chi connectivity index (χ1v) is 5.01. The lowest BCUT2D eigenvalue weighted by Crippen LogP contribution is -2.33. The molecule has 0 bridgehead atoms. The first kappa shape index (κ1) is 10.3. The van der Waals surface area contributed by atoms with Crippen molar-refractivity contribution in [2.24, 2.45) is 11.8 Å². The molecule has 5 nitrogen and oxygen atoms in total. The summed E-state index contributed by atoms with van der Waals surface area (Å²) in [7, 11) is 0. The number of carbonyl (C=O) groups excluding carboxylic acids is 3. The fourth-order valence-electron chi connectivity index (χ4n) is 2.19. The van der Waals surface area contributed by atoms with Gasteiger partial charge in [-0.15, -0.1) is 0 Å². The van der Waals surface area contributed by atoms with E-state index in [2.05, 4.69) is 4.74 Å². The smallest absolute Gasteiger partial charge is 0.312 e. The molecule has 1 saturated carbocycles. The van der Waals surface area contributed by atoms with Crippen LogP contribution in [0.3, 0.4) is 0 Å². The first-order chi connectivity index (χ1) is 7.08. The molecule has 2 rings (SSSR count). The second kappa shape index (κ2) is 3.73. The molecule has 1 aliphatic heterocycles. The quantitative estimate of drug-likeness (QED) is 0.609. The molecule has 0 aromatic carbocycles. The lowest BCUT2D eigenvalue weighted by Gasteiger charge is -2.22. The molecule has 2 aliphatic rings. The second-order valence-electron chi connectivity index (χ2n) is 4.05. The van der Waals surface area contributed by atoms with Gasteiger partial charge < -0.3 is 9.84 Å². The number of ketones is 2. The van der Waals surface area contributed by atoms with Gasteiger partial charge in [0.1, 0.15) is 11.6 Å². The van der Waals surface area contributed by atoms with Crippen LogP contribution in [0.15, 0.2) is 0 Å². The highest BCUT2D eigenvalue weighted by atomic mass is 16.6. The molecule has 3 unspecified atom stereocenters. The highest BCUT2D eigenvalue weighted by molar-refractivity contribution is 5.97. The highest BCUT2D eigenvalue weighted by Crippen LogP contribution is 2.33. The predicted octanol–water partition coefficient (Wildman–Crippen LogP) is -0.194. The van der Waals surface area contributed by atoms with Crippen molar-refractivity contribution in [1.29, 1.82) is 0 Å². The first-order valence-electron chi connectivity index (χ1n) is 5.01. The van der Waals surface area contributed by atoms with Crippen molar-refractivity contribution >= 4 is 17.5 Å². The minimum Gasteiger partial charge on any atom is -0.436 e. The zero-order valence-electron chi connectivity index (χ0n) is 8.14. The van der Waals surface area contributed by atoms with Gasteiger partial charge in [-0.25, -0.2) is 0 Å². The number of aliphatic hydroxyl groups is 1. The van der Waals surface area contributed by atoms with E-state index in [0.717, 1.165) is 0 Å². The Morgan fingerprint density at radius 3 is 2.47 bits per heavy atom. The van der Waals surface area contributed by atoms with Crippen LogP contribution >= 0.6 is 0 Å². The van der Waals surface area contributed by atoms with Gasteiger partial charge in [0, 0.05) is 31.6 Å². The van der Waals surface area contributed by atoms with Crippen molar-refractivity contribution in [1.82, 2.24) is 0 Å². The third-order valence-corrected chi connectivity index (χ3v) is 3.01. The van der Waals surface area contributed by atoms with E-state index in [0.29, 0.717) is 0 Å². The Hall–Kier alpha value is -1.23. The maximum Gasteiger partial charge on any atom is 0.312 e. The van der Waals surface area contributed by atoms with E-state index < -0.39 is 24.1 Å². The molecular formula is C10H12O5. The van der Waals surface area contributed by atoms with Gasteiger partial charge in [0.2, 0.25) is 6.29 Å². The van der Waals surface area contributed by atoms with Crippen LogP contribution in [0.4, 0.5) is 0 Å². The minimum absolute atomic E-state index is 0.00814. The third-order valence-electron chi connectivity index (χ3n) is 3.01. The molecule has 82 valence electrons. The van der Waals surface area contributed by atoms with Crippen molar-refractivity contribution in [2.45, 2.75) is 32.0 Å². The third kappa shape index (κ3) is 1.92. The molecule has 15 heavy (non-hydrogen) atoms. The Kier molecular flexibility index (Phi) is 2.56. The van der Waals surface area contributed by atoms with Crippen LogP contribution in [0.25, 0.3) is 0 Å². The monoisotopic (exact) mass is 212 g/mol. The molecule has 0 aromatic rings. The number of ether oxygens (including phenoxy) is 1. The normalized spacial score (nSPS) is 36.9. The summed E-state index contributed by atoms with van der Waals surface area (Å²) in [5, 5.41) is 9.11. The lowest BCUT2D eigenvalue weighted by molar-refractivity contribution is -0.157. The molecule has 0 amide bonds. The molecular weight excluding hydrogens is 200 g/mol. The largest absolute Gasteiger partial charge is 0.436 e. The lowest BCUT2D eigenvalue weighted by atomic mass is 9.78. The Balaban J connectivity index is 2.11. The minimum atomic E-state index is -1.12. The van der Waals surface area contributed by atoms with E-state index in [9.17, 15) is 14.4 Å². The molecule has 2 fully saturated rings. The average Bonchev–Trinajstić information content (AvgIpc) is 2.50. The van der Waals surface area contributed by atoms with Gasteiger partial charge in [-0.05, 0) is 0 Å². The van der Waals surface area contributed by atoms with Gasteiger partial charge in [-0.3, -0.25) is 14.4 Å². The van der Waals surface area contributed by atoms with Crippen LogP contribution in [0.5, 0.6) is 0 Å². The summed E-state index contributed by atoms with van der Waals surface area (Å²) in [6.45, 7) is 0. The van der Waals surface area contributed by atoms with Crippen LogP contribution in [0.2, 0.25) is 0 Å². The number of hydrogen-bond donors (Lipinski definition) is 1. The van der Waals surface area contributed by atoms with Crippen LogP contribution in [-0.2, 0) is 19.1 Å². The van der Waals surface area contributed by atoms with Crippen LogP contribution in [-0.4, -0.2) is 28.9 Å². The number of esters is 1. The summed E-state index contributed by atoms with van der Waals surface area (Å²) in [6, 6.07) is 0. The van der Waals surface area contributed by atoms with Gasteiger partial charge >= 0.3 is 5.97 Å². The molecule has 1 heterocycles. The molecule has 0 radical (unpaired) electrons. The van der Waals surface area contributed by atoms with E-state index in [1.165, 1.54) is 0 Å². The molecule has 1 N–H and O–H groups in total. The van der Waals surface area contributed by atoms with E-state index in [1.54, 1.807) is 0 Å². The van der Waals surface area contributed by atoms with E-state index >= 15 is 0 Å².